The maximum absolute atomic E-state index is 11.6. The number of rotatable bonds is 5. The fraction of sp³-hybridized carbons (Fsp3) is 0.462. The van der Waals surface area contributed by atoms with E-state index in [1.54, 1.807) is 6.07 Å². The molecule has 4 heteroatoms. The highest BCUT2D eigenvalue weighted by molar-refractivity contribution is 5.95. The molecule has 1 amide bonds. The minimum absolute atomic E-state index is 0.101. The van der Waals surface area contributed by atoms with Crippen molar-refractivity contribution in [3.05, 3.63) is 23.8 Å². The van der Waals surface area contributed by atoms with Crippen LogP contribution in [0.15, 0.2) is 18.2 Å². The van der Waals surface area contributed by atoms with Crippen LogP contribution in [0.1, 0.15) is 18.4 Å². The summed E-state index contributed by atoms with van der Waals surface area (Å²) in [5, 5.41) is 2.78. The van der Waals surface area contributed by atoms with E-state index >= 15 is 0 Å². The molecular formula is C13H18N2O2. The molecule has 0 atom stereocenters. The Bertz CT molecular complexity index is 394. The fourth-order valence-corrected chi connectivity index (χ4v) is 1.64. The van der Waals surface area contributed by atoms with Gasteiger partial charge in [-0.3, -0.25) is 4.79 Å². The Balaban J connectivity index is 1.84. The highest BCUT2D eigenvalue weighted by Crippen LogP contribution is 2.28. The van der Waals surface area contributed by atoms with Crippen LogP contribution in [0.3, 0.4) is 0 Å². The second-order valence-electron chi connectivity index (χ2n) is 4.55. The normalized spacial score (nSPS) is 14.6. The molecule has 1 aromatic carbocycles. The third-order valence-corrected chi connectivity index (χ3v) is 2.85. The number of nitrogen functional groups attached to an aromatic ring is 1. The van der Waals surface area contributed by atoms with Crippen molar-refractivity contribution in [1.29, 1.82) is 0 Å². The number of nitrogens with one attached hydrogen (secondary N) is 1. The second kappa shape index (κ2) is 5.19. The van der Waals surface area contributed by atoms with Crippen molar-refractivity contribution in [3.8, 4) is 0 Å². The van der Waals surface area contributed by atoms with Crippen molar-refractivity contribution in [2.45, 2.75) is 19.8 Å². The summed E-state index contributed by atoms with van der Waals surface area (Å²) in [5.41, 5.74) is 8.03. The van der Waals surface area contributed by atoms with Gasteiger partial charge < -0.3 is 15.8 Å². The van der Waals surface area contributed by atoms with Crippen LogP contribution < -0.4 is 11.1 Å². The summed E-state index contributed by atoms with van der Waals surface area (Å²) >= 11 is 0. The molecule has 17 heavy (non-hydrogen) atoms. The van der Waals surface area contributed by atoms with Crippen LogP contribution in [0.25, 0.3) is 0 Å². The van der Waals surface area contributed by atoms with Crippen molar-refractivity contribution in [3.63, 3.8) is 0 Å². The second-order valence-corrected chi connectivity index (χ2v) is 4.55. The van der Waals surface area contributed by atoms with Crippen LogP contribution in [0, 0.1) is 12.8 Å². The van der Waals surface area contributed by atoms with E-state index in [2.05, 4.69) is 5.32 Å². The molecule has 1 fully saturated rings. The average Bonchev–Trinajstić information content (AvgIpc) is 3.08. The number of hydrogen-bond donors (Lipinski definition) is 2. The lowest BCUT2D eigenvalue weighted by Gasteiger charge is -2.11. The summed E-state index contributed by atoms with van der Waals surface area (Å²) in [6.07, 6.45) is 2.46. The molecule has 0 spiro atoms. The number of aryl methyl sites for hydroxylation is 1. The molecule has 0 radical (unpaired) electrons. The molecule has 0 bridgehead atoms. The Morgan fingerprint density at radius 1 is 1.53 bits per heavy atom. The zero-order chi connectivity index (χ0) is 12.3. The Morgan fingerprint density at radius 2 is 2.29 bits per heavy atom. The number of benzene rings is 1. The Morgan fingerprint density at radius 3 is 2.94 bits per heavy atom. The highest BCUT2D eigenvalue weighted by atomic mass is 16.5. The van der Waals surface area contributed by atoms with E-state index in [1.165, 1.54) is 12.8 Å². The first kappa shape index (κ1) is 11.9. The molecule has 1 saturated carbocycles. The predicted molar refractivity (Wildman–Crippen MR) is 67.8 cm³/mol. The number of para-hydroxylation sites is 1. The van der Waals surface area contributed by atoms with Gasteiger partial charge in [-0.25, -0.2) is 0 Å². The molecular weight excluding hydrogens is 216 g/mol. The Hall–Kier alpha value is -1.55. The van der Waals surface area contributed by atoms with Gasteiger partial charge in [0.15, 0.2) is 0 Å². The summed E-state index contributed by atoms with van der Waals surface area (Å²) < 4.78 is 5.32. The van der Waals surface area contributed by atoms with E-state index in [9.17, 15) is 4.79 Å². The molecule has 92 valence electrons. The first-order chi connectivity index (χ1) is 8.16. The molecule has 3 N–H and O–H groups in total. The SMILES string of the molecule is Cc1cccc(N)c1NC(=O)COCC1CC1. The van der Waals surface area contributed by atoms with Gasteiger partial charge in [-0.15, -0.1) is 0 Å². The van der Waals surface area contributed by atoms with E-state index in [-0.39, 0.29) is 12.5 Å². The van der Waals surface area contributed by atoms with Gasteiger partial charge in [0.05, 0.1) is 18.0 Å². The number of nitrogens with two attached hydrogens (primary N) is 1. The molecule has 1 aromatic rings. The molecule has 1 aliphatic carbocycles. The van der Waals surface area contributed by atoms with Crippen molar-refractivity contribution in [1.82, 2.24) is 0 Å². The minimum Gasteiger partial charge on any atom is -0.397 e. The summed E-state index contributed by atoms with van der Waals surface area (Å²) in [6.45, 7) is 2.71. The van der Waals surface area contributed by atoms with Gasteiger partial charge in [0.1, 0.15) is 6.61 Å². The lowest BCUT2D eigenvalue weighted by atomic mass is 10.1. The van der Waals surface area contributed by atoms with Crippen molar-refractivity contribution in [2.24, 2.45) is 5.92 Å². The van der Waals surface area contributed by atoms with Crippen LogP contribution in [0.2, 0.25) is 0 Å². The molecule has 0 aliphatic heterocycles. The molecule has 0 saturated heterocycles. The maximum Gasteiger partial charge on any atom is 0.250 e. The van der Waals surface area contributed by atoms with Crippen LogP contribution in [0.5, 0.6) is 0 Å². The summed E-state index contributed by atoms with van der Waals surface area (Å²) in [6, 6.07) is 5.55. The van der Waals surface area contributed by atoms with Crippen LogP contribution in [-0.4, -0.2) is 19.1 Å². The van der Waals surface area contributed by atoms with Gasteiger partial charge in [0.25, 0.3) is 0 Å². The number of carbonyl (C=O) groups is 1. The van der Waals surface area contributed by atoms with Gasteiger partial charge in [-0.1, -0.05) is 12.1 Å². The van der Waals surface area contributed by atoms with E-state index in [0.717, 1.165) is 5.56 Å². The monoisotopic (exact) mass is 234 g/mol. The lowest BCUT2D eigenvalue weighted by Crippen LogP contribution is -2.20. The number of anilines is 2. The molecule has 2 rings (SSSR count). The van der Waals surface area contributed by atoms with Crippen molar-refractivity contribution >= 4 is 17.3 Å². The highest BCUT2D eigenvalue weighted by Gasteiger charge is 2.21. The topological polar surface area (TPSA) is 64.3 Å². The zero-order valence-corrected chi connectivity index (χ0v) is 10.0. The Labute approximate surface area is 101 Å². The largest absolute Gasteiger partial charge is 0.397 e. The number of ether oxygens (including phenoxy) is 1. The van der Waals surface area contributed by atoms with E-state index in [4.69, 9.17) is 10.5 Å². The van der Waals surface area contributed by atoms with Crippen molar-refractivity contribution < 1.29 is 9.53 Å². The maximum atomic E-state index is 11.6. The quantitative estimate of drug-likeness (QED) is 0.765. The standard InChI is InChI=1S/C13H18N2O2/c1-9-3-2-4-11(14)13(9)15-12(16)8-17-7-10-5-6-10/h2-4,10H,5-8,14H2,1H3,(H,15,16). The third kappa shape index (κ3) is 3.46. The number of carbonyl (C=O) groups excluding carboxylic acids is 1. The number of hydrogen-bond acceptors (Lipinski definition) is 3. The molecule has 4 nitrogen and oxygen atoms in total. The average molecular weight is 234 g/mol. The van der Waals surface area contributed by atoms with Gasteiger partial charge in [-0.05, 0) is 37.3 Å². The summed E-state index contributed by atoms with van der Waals surface area (Å²) in [5.74, 6) is 0.526. The summed E-state index contributed by atoms with van der Waals surface area (Å²) in [7, 11) is 0. The molecule has 0 unspecified atom stereocenters. The van der Waals surface area contributed by atoms with Crippen LogP contribution in [0.4, 0.5) is 11.4 Å². The van der Waals surface area contributed by atoms with Gasteiger partial charge in [-0.2, -0.15) is 0 Å². The molecule has 1 aliphatic rings. The van der Waals surface area contributed by atoms with Crippen LogP contribution in [-0.2, 0) is 9.53 Å². The smallest absolute Gasteiger partial charge is 0.250 e. The van der Waals surface area contributed by atoms with Gasteiger partial charge >= 0.3 is 0 Å². The van der Waals surface area contributed by atoms with E-state index < -0.39 is 0 Å². The Kier molecular flexibility index (Phi) is 3.64. The van der Waals surface area contributed by atoms with Gasteiger partial charge in [0, 0.05) is 0 Å². The fourth-order valence-electron chi connectivity index (χ4n) is 1.64. The lowest BCUT2D eigenvalue weighted by molar-refractivity contribution is -0.120. The minimum atomic E-state index is -0.147. The summed E-state index contributed by atoms with van der Waals surface area (Å²) in [4.78, 5) is 11.6. The molecule has 0 heterocycles. The van der Waals surface area contributed by atoms with Crippen LogP contribution >= 0.6 is 0 Å². The number of amides is 1. The van der Waals surface area contributed by atoms with E-state index in [0.29, 0.717) is 23.9 Å². The third-order valence-electron chi connectivity index (χ3n) is 2.85. The zero-order valence-electron chi connectivity index (χ0n) is 10.0. The van der Waals surface area contributed by atoms with E-state index in [1.807, 2.05) is 19.1 Å². The predicted octanol–water partition coefficient (Wildman–Crippen LogP) is 1.94. The first-order valence-corrected chi connectivity index (χ1v) is 5.89. The molecule has 0 aromatic heterocycles. The first-order valence-electron chi connectivity index (χ1n) is 5.89. The van der Waals surface area contributed by atoms with Crippen molar-refractivity contribution in [2.75, 3.05) is 24.3 Å². The van der Waals surface area contributed by atoms with Gasteiger partial charge in [0.2, 0.25) is 5.91 Å².